The van der Waals surface area contributed by atoms with Gasteiger partial charge < -0.3 is 59.8 Å². The summed E-state index contributed by atoms with van der Waals surface area (Å²) in [6.45, 7) is -1.22. The van der Waals surface area contributed by atoms with Crippen LogP contribution in [-0.2, 0) is 9.47 Å². The Balaban J connectivity index is 1.80. The monoisotopic (exact) mass is 686 g/mol. The Morgan fingerprint density at radius 2 is 1.00 bits per heavy atom. The molecule has 0 spiro atoms. The molecule has 0 bridgehead atoms. The van der Waals surface area contributed by atoms with Crippen molar-refractivity contribution in [3.8, 4) is 11.5 Å². The summed E-state index contributed by atoms with van der Waals surface area (Å²) in [6.07, 6.45) is -14.6. The van der Waals surface area contributed by atoms with Gasteiger partial charge in [0.2, 0.25) is 12.6 Å². The van der Waals surface area contributed by atoms with Crippen LogP contribution < -0.4 is 9.47 Å². The van der Waals surface area contributed by atoms with E-state index in [0.717, 1.165) is 0 Å². The number of ether oxygens (including phenoxy) is 4. The molecule has 0 radical (unpaired) electrons. The highest BCUT2D eigenvalue weighted by Gasteiger charge is 2.46. The zero-order chi connectivity index (χ0) is 23.7. The number of halogens is 2. The molecule has 182 valence electrons. The molecule has 1 aromatic carbocycles. The molecule has 12 nitrogen and oxygen atoms in total. The molecule has 2 aliphatic rings. The maximum atomic E-state index is 10.2. The number of rotatable bonds is 6. The molecule has 2 saturated heterocycles. The number of hydrogen-bond acceptors (Lipinski definition) is 12. The van der Waals surface area contributed by atoms with E-state index in [1.807, 2.05) is 45.2 Å². The third-order valence-corrected chi connectivity index (χ3v) is 6.86. The topological polar surface area (TPSA) is 199 Å². The number of aliphatic hydroxyl groups is 8. The van der Waals surface area contributed by atoms with Gasteiger partial charge in [-0.2, -0.15) is 0 Å². The third-order valence-electron chi connectivity index (χ3n) is 5.17. The van der Waals surface area contributed by atoms with E-state index in [-0.39, 0.29) is 11.5 Å². The fourth-order valence-corrected chi connectivity index (χ4v) is 5.06. The molecule has 14 heteroatoms. The molecule has 2 heterocycles. The minimum Gasteiger partial charge on any atom is -0.461 e. The first-order valence-corrected chi connectivity index (χ1v) is 11.7. The van der Waals surface area contributed by atoms with Crippen molar-refractivity contribution < 1.29 is 59.8 Å². The molecule has 32 heavy (non-hydrogen) atoms. The summed E-state index contributed by atoms with van der Waals surface area (Å²) in [4.78, 5) is 0. The molecule has 0 amide bonds. The standard InChI is InChI=1S/C18H24I2O12/c19-5-1-6(20)8(30-18-16(28)14(26)12(24)10(4-22)32-18)2-7(5)29-17-15(27)13(25)11(23)9(3-21)31-17/h1-2,9-18,21-28H,3-4H2/t9-,10-,11-,12-,13+,14+,15-,16-,17-,18-/m1/s1. The van der Waals surface area contributed by atoms with Gasteiger partial charge in [-0.3, -0.25) is 0 Å². The Morgan fingerprint density at radius 1 is 0.625 bits per heavy atom. The van der Waals surface area contributed by atoms with Gasteiger partial charge in [0.05, 0.1) is 20.4 Å². The van der Waals surface area contributed by atoms with Crippen LogP contribution in [0.4, 0.5) is 0 Å². The van der Waals surface area contributed by atoms with E-state index < -0.39 is 74.6 Å². The lowest BCUT2D eigenvalue weighted by molar-refractivity contribution is -0.278. The largest absolute Gasteiger partial charge is 0.461 e. The molecule has 0 aromatic heterocycles. The lowest BCUT2D eigenvalue weighted by atomic mass is 9.99. The summed E-state index contributed by atoms with van der Waals surface area (Å²) in [5.74, 6) is 0.296. The van der Waals surface area contributed by atoms with Gasteiger partial charge >= 0.3 is 0 Å². The molecular weight excluding hydrogens is 662 g/mol. The molecule has 0 unspecified atom stereocenters. The highest BCUT2D eigenvalue weighted by Crippen LogP contribution is 2.35. The first-order valence-electron chi connectivity index (χ1n) is 9.52. The summed E-state index contributed by atoms with van der Waals surface area (Å²) < 4.78 is 23.1. The highest BCUT2D eigenvalue weighted by molar-refractivity contribution is 14.1. The first-order chi connectivity index (χ1) is 15.1. The van der Waals surface area contributed by atoms with Gasteiger partial charge in [-0.25, -0.2) is 0 Å². The summed E-state index contributed by atoms with van der Waals surface area (Å²) in [5, 5.41) is 78.7. The summed E-state index contributed by atoms with van der Waals surface area (Å²) in [6, 6.07) is 3.03. The van der Waals surface area contributed by atoms with E-state index in [4.69, 9.17) is 18.9 Å². The van der Waals surface area contributed by atoms with Gasteiger partial charge in [0.1, 0.15) is 60.3 Å². The van der Waals surface area contributed by atoms with Crippen molar-refractivity contribution in [3.63, 3.8) is 0 Å². The Kier molecular flexibility index (Phi) is 9.17. The maximum Gasteiger partial charge on any atom is 0.229 e. The third kappa shape index (κ3) is 5.41. The van der Waals surface area contributed by atoms with Crippen molar-refractivity contribution in [2.24, 2.45) is 0 Å². The Labute approximate surface area is 209 Å². The molecule has 1 aromatic rings. The van der Waals surface area contributed by atoms with Gasteiger partial charge in [-0.05, 0) is 51.2 Å². The van der Waals surface area contributed by atoms with Gasteiger partial charge in [0.25, 0.3) is 0 Å². The van der Waals surface area contributed by atoms with E-state index in [1.54, 1.807) is 6.07 Å². The van der Waals surface area contributed by atoms with Crippen LogP contribution in [0.15, 0.2) is 12.1 Å². The number of aliphatic hydroxyl groups excluding tert-OH is 8. The fraction of sp³-hybridized carbons (Fsp3) is 0.667. The Hall–Kier alpha value is -0.120. The lowest BCUT2D eigenvalue weighted by Gasteiger charge is -2.40. The average molecular weight is 686 g/mol. The molecule has 10 atom stereocenters. The van der Waals surface area contributed by atoms with Crippen LogP contribution in [0.25, 0.3) is 0 Å². The summed E-state index contributed by atoms with van der Waals surface area (Å²) in [7, 11) is 0. The van der Waals surface area contributed by atoms with Gasteiger partial charge in [0, 0.05) is 6.07 Å². The van der Waals surface area contributed by atoms with Gasteiger partial charge in [0.15, 0.2) is 0 Å². The average Bonchev–Trinajstić information content (AvgIpc) is 2.77. The fourth-order valence-electron chi connectivity index (χ4n) is 3.27. The van der Waals surface area contributed by atoms with Crippen LogP contribution in [0, 0.1) is 7.14 Å². The van der Waals surface area contributed by atoms with Gasteiger partial charge in [-0.1, -0.05) is 0 Å². The van der Waals surface area contributed by atoms with E-state index in [9.17, 15) is 40.9 Å². The quantitative estimate of drug-likeness (QED) is 0.144. The van der Waals surface area contributed by atoms with E-state index in [1.165, 1.54) is 6.07 Å². The van der Waals surface area contributed by atoms with Crippen molar-refractivity contribution >= 4 is 45.2 Å². The minimum absolute atomic E-state index is 0.148. The lowest BCUT2D eigenvalue weighted by Crippen LogP contribution is -2.60. The van der Waals surface area contributed by atoms with Crippen LogP contribution in [0.1, 0.15) is 0 Å². The molecule has 0 aliphatic carbocycles. The summed E-state index contributed by atoms with van der Waals surface area (Å²) in [5.41, 5.74) is 0. The predicted octanol–water partition coefficient (Wildman–Crippen LogP) is -2.75. The Bertz CT molecular complexity index is 721. The first kappa shape index (κ1) is 26.5. The van der Waals surface area contributed by atoms with Crippen LogP contribution in [-0.4, -0.2) is 115 Å². The van der Waals surface area contributed by atoms with Crippen LogP contribution >= 0.6 is 45.2 Å². The summed E-state index contributed by atoms with van der Waals surface area (Å²) >= 11 is 3.90. The minimum atomic E-state index is -1.61. The highest BCUT2D eigenvalue weighted by atomic mass is 127. The van der Waals surface area contributed by atoms with Crippen LogP contribution in [0.3, 0.4) is 0 Å². The second-order valence-electron chi connectivity index (χ2n) is 7.34. The van der Waals surface area contributed by atoms with Crippen LogP contribution in [0.5, 0.6) is 11.5 Å². The number of hydrogen-bond donors (Lipinski definition) is 8. The van der Waals surface area contributed by atoms with Crippen molar-refractivity contribution in [1.82, 2.24) is 0 Å². The van der Waals surface area contributed by atoms with Crippen molar-refractivity contribution in [3.05, 3.63) is 19.3 Å². The van der Waals surface area contributed by atoms with Crippen LogP contribution in [0.2, 0.25) is 0 Å². The predicted molar refractivity (Wildman–Crippen MR) is 121 cm³/mol. The molecular formula is C18H24I2O12. The molecule has 2 aliphatic heterocycles. The SMILES string of the molecule is OC[C@H]1O[C@@H](Oc2cc(O[C@@H]3O[C@H](CO)[C@@H](O)[C@H](O)[C@H]3O)c(I)cc2I)[C@H](O)[C@@H](O)[C@@H]1O. The van der Waals surface area contributed by atoms with E-state index in [2.05, 4.69) is 0 Å². The normalized spacial score (nSPS) is 40.2. The zero-order valence-electron chi connectivity index (χ0n) is 16.3. The second-order valence-corrected chi connectivity index (χ2v) is 9.67. The van der Waals surface area contributed by atoms with E-state index in [0.29, 0.717) is 7.14 Å². The zero-order valence-corrected chi connectivity index (χ0v) is 20.6. The van der Waals surface area contributed by atoms with Gasteiger partial charge in [-0.15, -0.1) is 0 Å². The van der Waals surface area contributed by atoms with Crippen molar-refractivity contribution in [2.75, 3.05) is 13.2 Å². The molecule has 0 saturated carbocycles. The van der Waals surface area contributed by atoms with E-state index >= 15 is 0 Å². The second kappa shape index (κ2) is 11.1. The molecule has 3 rings (SSSR count). The van der Waals surface area contributed by atoms with Crippen molar-refractivity contribution in [1.29, 1.82) is 0 Å². The van der Waals surface area contributed by atoms with Crippen molar-refractivity contribution in [2.45, 2.75) is 61.4 Å². The maximum absolute atomic E-state index is 10.2. The smallest absolute Gasteiger partial charge is 0.229 e. The Morgan fingerprint density at radius 3 is 1.34 bits per heavy atom. The molecule has 8 N–H and O–H groups in total. The molecule has 2 fully saturated rings. The number of benzene rings is 1.